The van der Waals surface area contributed by atoms with Crippen molar-refractivity contribution in [3.05, 3.63) is 70.8 Å². The standard InChI is InChI=1S/C33H40F3N3O7/c34-33(35,36)31(42)39-13-1-2-27(39)29(41)37-19-22-3-9-25(10-4-22)30-45-26(18-28(46-30)24-7-5-23(21-40)6-8-24)20-38-14-11-32(12-15-38)43-16-17-44-32/h3-10,26-28,30,40H,1-2,11-21H2,(H,37,41)/t26-,27+,28+,30+/m1/s1. The molecular weight excluding hydrogens is 607 g/mol. The number of aliphatic hydroxyl groups excluding tert-OH is 1. The van der Waals surface area contributed by atoms with Crippen LogP contribution in [0.4, 0.5) is 13.2 Å². The Bertz CT molecular complexity index is 1340. The fraction of sp³-hybridized carbons (Fsp3) is 0.576. The molecule has 4 saturated heterocycles. The molecule has 2 N–H and O–H groups in total. The highest BCUT2D eigenvalue weighted by atomic mass is 19.4. The minimum absolute atomic E-state index is 0.0402. The summed E-state index contributed by atoms with van der Waals surface area (Å²) in [6.07, 6.45) is -3.22. The molecule has 4 aliphatic rings. The second-order valence-corrected chi connectivity index (χ2v) is 12.4. The average molecular weight is 648 g/mol. The Morgan fingerprint density at radius 2 is 1.57 bits per heavy atom. The van der Waals surface area contributed by atoms with Crippen molar-refractivity contribution in [3.63, 3.8) is 0 Å². The van der Waals surface area contributed by atoms with Crippen LogP contribution < -0.4 is 5.32 Å². The molecule has 46 heavy (non-hydrogen) atoms. The molecule has 0 aromatic heterocycles. The number of aliphatic hydroxyl groups is 1. The van der Waals surface area contributed by atoms with Gasteiger partial charge < -0.3 is 39.2 Å². The van der Waals surface area contributed by atoms with E-state index in [1.54, 1.807) is 0 Å². The molecule has 1 spiro atoms. The third kappa shape index (κ3) is 7.56. The Morgan fingerprint density at radius 3 is 2.22 bits per heavy atom. The first-order valence-corrected chi connectivity index (χ1v) is 15.9. The molecule has 4 aliphatic heterocycles. The number of carbonyl (C=O) groups excluding carboxylic acids is 2. The quantitative estimate of drug-likeness (QED) is 0.447. The maximum atomic E-state index is 13.0. The number of nitrogens with one attached hydrogen (secondary N) is 1. The number of halogens is 3. The summed E-state index contributed by atoms with van der Waals surface area (Å²) >= 11 is 0. The molecule has 2 amide bonds. The summed E-state index contributed by atoms with van der Waals surface area (Å²) in [6, 6.07) is 13.9. The second-order valence-electron chi connectivity index (χ2n) is 12.4. The Morgan fingerprint density at radius 1 is 0.913 bits per heavy atom. The molecule has 0 radical (unpaired) electrons. The maximum Gasteiger partial charge on any atom is 0.471 e. The number of amides is 2. The van der Waals surface area contributed by atoms with E-state index in [4.69, 9.17) is 18.9 Å². The fourth-order valence-corrected chi connectivity index (χ4v) is 6.73. The van der Waals surface area contributed by atoms with Gasteiger partial charge in [0.05, 0.1) is 32.0 Å². The number of ether oxygens (including phenoxy) is 4. The molecule has 0 bridgehead atoms. The molecule has 2 aromatic carbocycles. The van der Waals surface area contributed by atoms with Crippen molar-refractivity contribution < 1.29 is 46.8 Å². The first-order chi connectivity index (χ1) is 22.1. The minimum atomic E-state index is -5.02. The lowest BCUT2D eigenvalue weighted by Gasteiger charge is -2.41. The summed E-state index contributed by atoms with van der Waals surface area (Å²) in [6.45, 7) is 3.63. The maximum absolute atomic E-state index is 13.0. The lowest BCUT2D eigenvalue weighted by molar-refractivity contribution is -0.255. The van der Waals surface area contributed by atoms with Crippen molar-refractivity contribution in [1.82, 2.24) is 15.1 Å². The average Bonchev–Trinajstić information content (AvgIpc) is 3.75. The van der Waals surface area contributed by atoms with Crippen molar-refractivity contribution in [2.45, 2.75) is 81.8 Å². The van der Waals surface area contributed by atoms with E-state index >= 15 is 0 Å². The molecule has 0 unspecified atom stereocenters. The number of hydrogen-bond donors (Lipinski definition) is 2. The third-order valence-corrected chi connectivity index (χ3v) is 9.29. The molecule has 0 saturated carbocycles. The van der Waals surface area contributed by atoms with Gasteiger partial charge in [0.15, 0.2) is 12.1 Å². The lowest BCUT2D eigenvalue weighted by atomic mass is 9.98. The van der Waals surface area contributed by atoms with E-state index in [0.717, 1.165) is 54.7 Å². The van der Waals surface area contributed by atoms with Gasteiger partial charge in [-0.2, -0.15) is 13.2 Å². The van der Waals surface area contributed by atoms with Crippen LogP contribution in [0.3, 0.4) is 0 Å². The third-order valence-electron chi connectivity index (χ3n) is 9.29. The number of nitrogens with zero attached hydrogens (tertiary/aromatic N) is 2. The summed E-state index contributed by atoms with van der Waals surface area (Å²) in [4.78, 5) is 27.4. The molecule has 0 aliphatic carbocycles. The monoisotopic (exact) mass is 647 g/mol. The van der Waals surface area contributed by atoms with Gasteiger partial charge in [0.25, 0.3) is 0 Å². The largest absolute Gasteiger partial charge is 0.471 e. The van der Waals surface area contributed by atoms with Gasteiger partial charge in [-0.3, -0.25) is 9.59 Å². The summed E-state index contributed by atoms with van der Waals surface area (Å²) in [7, 11) is 0. The van der Waals surface area contributed by atoms with Gasteiger partial charge in [0, 0.05) is 57.5 Å². The number of likely N-dealkylation sites (tertiary alicyclic amines) is 2. The highest BCUT2D eigenvalue weighted by molar-refractivity contribution is 5.90. The predicted molar refractivity (Wildman–Crippen MR) is 158 cm³/mol. The number of benzene rings is 2. The SMILES string of the molecule is O=C(NCc1ccc([C@H]2O[C@@H](CN3CCC4(CC3)OCCO4)C[C@@H](c3ccc(CO)cc3)O2)cc1)[C@@H]1CCCN1C(=O)C(F)(F)F. The topological polar surface area (TPSA) is 110 Å². The summed E-state index contributed by atoms with van der Waals surface area (Å²) < 4.78 is 63.6. The number of alkyl halides is 3. The highest BCUT2D eigenvalue weighted by Gasteiger charge is 2.47. The predicted octanol–water partition coefficient (Wildman–Crippen LogP) is 3.73. The van der Waals surface area contributed by atoms with Crippen LogP contribution in [0.5, 0.6) is 0 Å². The lowest BCUT2D eigenvalue weighted by Crippen LogP contribution is -2.50. The van der Waals surface area contributed by atoms with Gasteiger partial charge in [-0.15, -0.1) is 0 Å². The van der Waals surface area contributed by atoms with Crippen LogP contribution in [-0.2, 0) is 41.7 Å². The second kappa shape index (κ2) is 14.0. The first-order valence-electron chi connectivity index (χ1n) is 15.9. The Hall–Kier alpha value is -3.07. The molecule has 4 atom stereocenters. The van der Waals surface area contributed by atoms with Gasteiger partial charge in [-0.25, -0.2) is 0 Å². The number of rotatable bonds is 8. The highest BCUT2D eigenvalue weighted by Crippen LogP contribution is 2.39. The summed E-state index contributed by atoms with van der Waals surface area (Å²) in [5, 5.41) is 12.2. The number of carbonyl (C=O) groups is 2. The van der Waals surface area contributed by atoms with Gasteiger partial charge in [0.2, 0.25) is 5.91 Å². The van der Waals surface area contributed by atoms with Crippen molar-refractivity contribution in [1.29, 1.82) is 0 Å². The summed E-state index contributed by atoms with van der Waals surface area (Å²) in [5.41, 5.74) is 3.34. The van der Waals surface area contributed by atoms with E-state index in [9.17, 15) is 27.9 Å². The molecule has 6 rings (SSSR count). The first kappa shape index (κ1) is 32.9. The van der Waals surface area contributed by atoms with E-state index < -0.39 is 36.1 Å². The van der Waals surface area contributed by atoms with E-state index in [1.807, 2.05) is 48.5 Å². The zero-order chi connectivity index (χ0) is 32.3. The summed E-state index contributed by atoms with van der Waals surface area (Å²) in [5.74, 6) is -3.04. The normalized spacial score (nSPS) is 26.8. The number of piperidine rings is 1. The van der Waals surface area contributed by atoms with Crippen molar-refractivity contribution >= 4 is 11.8 Å². The van der Waals surface area contributed by atoms with E-state index in [2.05, 4.69) is 10.2 Å². The van der Waals surface area contributed by atoms with E-state index in [0.29, 0.717) is 31.0 Å². The van der Waals surface area contributed by atoms with Crippen molar-refractivity contribution in [2.24, 2.45) is 0 Å². The van der Waals surface area contributed by atoms with Gasteiger partial charge >= 0.3 is 12.1 Å². The molecular formula is C33H40F3N3O7. The Kier molecular flexibility index (Phi) is 9.97. The van der Waals surface area contributed by atoms with Crippen molar-refractivity contribution in [3.8, 4) is 0 Å². The van der Waals surface area contributed by atoms with Crippen molar-refractivity contribution in [2.75, 3.05) is 39.4 Å². The van der Waals surface area contributed by atoms with Gasteiger partial charge in [-0.1, -0.05) is 48.5 Å². The Balaban J connectivity index is 1.09. The van der Waals surface area contributed by atoms with Crippen LogP contribution in [0, 0.1) is 0 Å². The Labute approximate surface area is 265 Å². The van der Waals surface area contributed by atoms with Crippen LogP contribution in [0.2, 0.25) is 0 Å². The molecule has 13 heteroatoms. The van der Waals surface area contributed by atoms with Crippen LogP contribution in [0.15, 0.2) is 48.5 Å². The van der Waals surface area contributed by atoms with Gasteiger partial charge in [0.1, 0.15) is 6.04 Å². The molecule has 250 valence electrons. The molecule has 4 heterocycles. The smallest absolute Gasteiger partial charge is 0.392 e. The van der Waals surface area contributed by atoms with E-state index in [-0.39, 0.29) is 38.3 Å². The van der Waals surface area contributed by atoms with Crippen LogP contribution >= 0.6 is 0 Å². The minimum Gasteiger partial charge on any atom is -0.392 e. The van der Waals surface area contributed by atoms with Crippen LogP contribution in [-0.4, -0.2) is 90.2 Å². The fourth-order valence-electron chi connectivity index (χ4n) is 6.73. The molecule has 10 nitrogen and oxygen atoms in total. The number of hydrogen-bond acceptors (Lipinski definition) is 8. The van der Waals surface area contributed by atoms with Gasteiger partial charge in [-0.05, 0) is 29.5 Å². The molecule has 2 aromatic rings. The van der Waals surface area contributed by atoms with E-state index in [1.165, 1.54) is 0 Å². The van der Waals surface area contributed by atoms with Crippen LogP contribution in [0.25, 0.3) is 0 Å². The zero-order valence-electron chi connectivity index (χ0n) is 25.5. The van der Waals surface area contributed by atoms with Crippen LogP contribution in [0.1, 0.15) is 66.8 Å². The zero-order valence-corrected chi connectivity index (χ0v) is 25.5. The molecule has 4 fully saturated rings.